The van der Waals surface area contributed by atoms with E-state index < -0.39 is 5.97 Å². The molecule has 0 spiro atoms. The molecule has 1 fully saturated rings. The van der Waals surface area contributed by atoms with Gasteiger partial charge in [0.25, 0.3) is 0 Å². The largest absolute Gasteiger partial charge is 0.481 e. The van der Waals surface area contributed by atoms with Crippen LogP contribution >= 0.6 is 0 Å². The Morgan fingerprint density at radius 2 is 1.69 bits per heavy atom. The van der Waals surface area contributed by atoms with Crippen LogP contribution in [0, 0.1) is 6.92 Å². The van der Waals surface area contributed by atoms with Crippen molar-refractivity contribution in [3.63, 3.8) is 0 Å². The Morgan fingerprint density at radius 3 is 2.37 bits per heavy atom. The van der Waals surface area contributed by atoms with Crippen LogP contribution in [0.1, 0.15) is 41.9 Å². The Bertz CT molecular complexity index is 1210. The molecular formula is C28H29N3O4. The third kappa shape index (κ3) is 6.06. The van der Waals surface area contributed by atoms with Gasteiger partial charge in [0, 0.05) is 30.0 Å². The molecule has 0 saturated carbocycles. The zero-order chi connectivity index (χ0) is 24.8. The molecule has 0 aromatic heterocycles. The molecule has 1 heterocycles. The Balaban J connectivity index is 1.39. The highest BCUT2D eigenvalue weighted by atomic mass is 16.4. The fourth-order valence-electron chi connectivity index (χ4n) is 4.33. The number of anilines is 3. The van der Waals surface area contributed by atoms with E-state index >= 15 is 0 Å². The molecule has 1 saturated heterocycles. The van der Waals surface area contributed by atoms with Gasteiger partial charge in [-0.15, -0.1) is 0 Å². The van der Waals surface area contributed by atoms with E-state index in [4.69, 9.17) is 5.11 Å². The van der Waals surface area contributed by atoms with Crippen molar-refractivity contribution >= 4 is 35.0 Å². The number of carboxylic acid groups (broad SMARTS) is 1. The molecule has 1 aliphatic rings. The van der Waals surface area contributed by atoms with Gasteiger partial charge in [-0.25, -0.2) is 4.79 Å². The number of hydrogen-bond acceptors (Lipinski definition) is 3. The maximum atomic E-state index is 13.3. The third-order valence-corrected chi connectivity index (χ3v) is 6.28. The standard InChI is InChI=1S/C28H29N3O4/c1-19-5-2-3-7-25(19)30-28(35)29-22-13-11-21(12-14-22)24-6-4-18-31(27(24)34)23-15-8-20(9-16-23)10-17-26(32)33/h2-3,5,7-9,11-16,24H,4,6,10,17-18H2,1H3,(H,32,33)(H2,29,30,35). The first kappa shape index (κ1) is 24.0. The van der Waals surface area contributed by atoms with Crippen molar-refractivity contribution < 1.29 is 19.5 Å². The molecule has 0 radical (unpaired) electrons. The lowest BCUT2D eigenvalue weighted by Crippen LogP contribution is -2.40. The van der Waals surface area contributed by atoms with Crippen molar-refractivity contribution in [1.82, 2.24) is 0 Å². The van der Waals surface area contributed by atoms with E-state index in [1.54, 1.807) is 4.90 Å². The SMILES string of the molecule is Cc1ccccc1NC(=O)Nc1ccc(C2CCCN(c3ccc(CCC(=O)O)cc3)C2=O)cc1. The fraction of sp³-hybridized carbons (Fsp3) is 0.250. The smallest absolute Gasteiger partial charge is 0.323 e. The number of hydrogen-bond donors (Lipinski definition) is 3. The predicted molar refractivity (Wildman–Crippen MR) is 137 cm³/mol. The molecule has 180 valence electrons. The second kappa shape index (κ2) is 10.9. The summed E-state index contributed by atoms with van der Waals surface area (Å²) >= 11 is 0. The summed E-state index contributed by atoms with van der Waals surface area (Å²) in [6.45, 7) is 2.59. The number of para-hydroxylation sites is 1. The van der Waals surface area contributed by atoms with Crippen LogP contribution < -0.4 is 15.5 Å². The van der Waals surface area contributed by atoms with Gasteiger partial charge in [-0.05, 0) is 73.2 Å². The number of carbonyl (C=O) groups is 3. The van der Waals surface area contributed by atoms with Crippen molar-refractivity contribution in [3.8, 4) is 0 Å². The van der Waals surface area contributed by atoms with Crippen molar-refractivity contribution in [2.45, 2.75) is 38.5 Å². The van der Waals surface area contributed by atoms with Crippen LogP contribution in [0.3, 0.4) is 0 Å². The van der Waals surface area contributed by atoms with Gasteiger partial charge in [-0.3, -0.25) is 9.59 Å². The zero-order valence-electron chi connectivity index (χ0n) is 19.7. The molecule has 3 aromatic carbocycles. The van der Waals surface area contributed by atoms with Crippen LogP contribution in [0.5, 0.6) is 0 Å². The van der Waals surface area contributed by atoms with Gasteiger partial charge < -0.3 is 20.6 Å². The normalized spacial score (nSPS) is 15.5. The Kier molecular flexibility index (Phi) is 7.45. The highest BCUT2D eigenvalue weighted by Crippen LogP contribution is 2.32. The number of nitrogens with zero attached hydrogens (tertiary/aromatic N) is 1. The molecule has 1 aliphatic heterocycles. The van der Waals surface area contributed by atoms with E-state index in [9.17, 15) is 14.4 Å². The number of rotatable bonds is 7. The Labute approximate surface area is 204 Å². The van der Waals surface area contributed by atoms with Gasteiger partial charge in [-0.1, -0.05) is 42.5 Å². The number of piperidine rings is 1. The van der Waals surface area contributed by atoms with E-state index in [1.165, 1.54) is 0 Å². The molecule has 1 atom stereocenters. The molecule has 3 N–H and O–H groups in total. The van der Waals surface area contributed by atoms with Gasteiger partial charge in [0.1, 0.15) is 0 Å². The minimum Gasteiger partial charge on any atom is -0.481 e. The fourth-order valence-corrected chi connectivity index (χ4v) is 4.33. The Morgan fingerprint density at radius 1 is 0.971 bits per heavy atom. The number of carboxylic acids is 1. The summed E-state index contributed by atoms with van der Waals surface area (Å²) in [6, 6.07) is 22.2. The van der Waals surface area contributed by atoms with Gasteiger partial charge >= 0.3 is 12.0 Å². The minimum absolute atomic E-state index is 0.0486. The summed E-state index contributed by atoms with van der Waals surface area (Å²) in [6.07, 6.45) is 2.21. The topological polar surface area (TPSA) is 98.7 Å². The summed E-state index contributed by atoms with van der Waals surface area (Å²) in [5.41, 5.74) is 5.06. The summed E-state index contributed by atoms with van der Waals surface area (Å²) in [7, 11) is 0. The molecule has 35 heavy (non-hydrogen) atoms. The van der Waals surface area contributed by atoms with Crippen LogP contribution in [0.25, 0.3) is 0 Å². The van der Waals surface area contributed by atoms with Crippen molar-refractivity contribution in [2.24, 2.45) is 0 Å². The number of aryl methyl sites for hydroxylation is 2. The molecule has 7 heteroatoms. The summed E-state index contributed by atoms with van der Waals surface area (Å²) in [5, 5.41) is 14.5. The van der Waals surface area contributed by atoms with E-state index in [1.807, 2.05) is 79.7 Å². The molecule has 0 bridgehead atoms. The first-order chi connectivity index (χ1) is 16.9. The van der Waals surface area contributed by atoms with Gasteiger partial charge in [-0.2, -0.15) is 0 Å². The number of carbonyl (C=O) groups excluding carboxylic acids is 2. The van der Waals surface area contributed by atoms with Gasteiger partial charge in [0.15, 0.2) is 0 Å². The quantitative estimate of drug-likeness (QED) is 0.420. The molecule has 4 rings (SSSR count). The summed E-state index contributed by atoms with van der Waals surface area (Å²) < 4.78 is 0. The monoisotopic (exact) mass is 471 g/mol. The summed E-state index contributed by atoms with van der Waals surface area (Å²) in [4.78, 5) is 38.2. The number of amides is 3. The van der Waals surface area contributed by atoms with E-state index in [2.05, 4.69) is 10.6 Å². The molecule has 3 amide bonds. The van der Waals surface area contributed by atoms with E-state index in [0.29, 0.717) is 18.7 Å². The first-order valence-corrected chi connectivity index (χ1v) is 11.8. The van der Waals surface area contributed by atoms with Crippen LogP contribution in [-0.4, -0.2) is 29.6 Å². The lowest BCUT2D eigenvalue weighted by molar-refractivity contribution is -0.137. The number of nitrogens with one attached hydrogen (secondary N) is 2. The van der Waals surface area contributed by atoms with Crippen LogP contribution in [0.15, 0.2) is 72.8 Å². The maximum Gasteiger partial charge on any atom is 0.323 e. The molecular weight excluding hydrogens is 442 g/mol. The zero-order valence-corrected chi connectivity index (χ0v) is 19.7. The predicted octanol–water partition coefficient (Wildman–Crippen LogP) is 5.57. The van der Waals surface area contributed by atoms with Crippen molar-refractivity contribution in [2.75, 3.05) is 22.1 Å². The van der Waals surface area contributed by atoms with Crippen molar-refractivity contribution in [1.29, 1.82) is 0 Å². The van der Waals surface area contributed by atoms with E-state index in [-0.39, 0.29) is 24.3 Å². The average molecular weight is 472 g/mol. The highest BCUT2D eigenvalue weighted by molar-refractivity contribution is 6.01. The number of aliphatic carboxylic acids is 1. The molecule has 3 aromatic rings. The van der Waals surface area contributed by atoms with Crippen LogP contribution in [-0.2, 0) is 16.0 Å². The van der Waals surface area contributed by atoms with Crippen LogP contribution in [0.4, 0.5) is 21.9 Å². The van der Waals surface area contributed by atoms with Gasteiger partial charge in [0.05, 0.1) is 5.92 Å². The van der Waals surface area contributed by atoms with Gasteiger partial charge in [0.2, 0.25) is 5.91 Å². The Hall–Kier alpha value is -4.13. The van der Waals surface area contributed by atoms with Crippen LogP contribution in [0.2, 0.25) is 0 Å². The highest BCUT2D eigenvalue weighted by Gasteiger charge is 2.30. The first-order valence-electron chi connectivity index (χ1n) is 11.8. The third-order valence-electron chi connectivity index (χ3n) is 6.28. The maximum absolute atomic E-state index is 13.3. The second-order valence-electron chi connectivity index (χ2n) is 8.76. The van der Waals surface area contributed by atoms with E-state index in [0.717, 1.165) is 40.9 Å². The number of benzene rings is 3. The molecule has 1 unspecified atom stereocenters. The lowest BCUT2D eigenvalue weighted by Gasteiger charge is -2.32. The minimum atomic E-state index is -0.823. The second-order valence-corrected chi connectivity index (χ2v) is 8.76. The lowest BCUT2D eigenvalue weighted by atomic mass is 9.89. The van der Waals surface area contributed by atoms with Crippen molar-refractivity contribution in [3.05, 3.63) is 89.5 Å². The number of urea groups is 1. The molecule has 0 aliphatic carbocycles. The molecule has 7 nitrogen and oxygen atoms in total. The summed E-state index contributed by atoms with van der Waals surface area (Å²) in [5.74, 6) is -1.02. The average Bonchev–Trinajstić information content (AvgIpc) is 2.85.